The van der Waals surface area contributed by atoms with Crippen molar-refractivity contribution in [1.29, 1.82) is 0 Å². The summed E-state index contributed by atoms with van der Waals surface area (Å²) in [4.78, 5) is 8.37. The molecule has 1 aromatic heterocycles. The van der Waals surface area contributed by atoms with Crippen LogP contribution < -0.4 is 16.8 Å². The summed E-state index contributed by atoms with van der Waals surface area (Å²) in [6.07, 6.45) is 2.82. The predicted molar refractivity (Wildman–Crippen MR) is 83.0 cm³/mol. The Morgan fingerprint density at radius 2 is 2.35 bits per heavy atom. The molecule has 2 unspecified atom stereocenters. The van der Waals surface area contributed by atoms with Crippen LogP contribution in [0, 0.1) is 12.3 Å². The van der Waals surface area contributed by atoms with E-state index in [0.29, 0.717) is 17.2 Å². The van der Waals surface area contributed by atoms with Gasteiger partial charge in [0.25, 0.3) is 0 Å². The third-order valence-corrected chi connectivity index (χ3v) is 4.03. The number of aromatic nitrogens is 2. The van der Waals surface area contributed by atoms with Crippen molar-refractivity contribution >= 4 is 17.5 Å². The molecule has 1 fully saturated rings. The molecule has 0 saturated carbocycles. The summed E-state index contributed by atoms with van der Waals surface area (Å²) in [7, 11) is 0. The number of terminal acetylenes is 1. The Kier molecular flexibility index (Phi) is 3.42. The molecule has 0 bridgehead atoms. The van der Waals surface area contributed by atoms with Gasteiger partial charge in [-0.05, 0) is 6.92 Å². The standard InChI is InChI=1S/C14H18N6O3/c1-4-14(16)10(22)9(7(3)21)23-12(14)20-5-17-8-6(2)18-13(15)19-11(8)20/h1,5,7,9-10,12,21-22H,2,16H2,3H3,(H3,15,18,19)/t7-,9+,10?,12+,14?/m0/s1. The second kappa shape index (κ2) is 5.07. The fourth-order valence-electron chi connectivity index (χ4n) is 2.79. The van der Waals surface area contributed by atoms with Crippen LogP contribution in [0.5, 0.6) is 0 Å². The Balaban J connectivity index is 2.10. The van der Waals surface area contributed by atoms with Gasteiger partial charge in [-0.2, -0.15) is 4.99 Å². The molecule has 3 heterocycles. The molecule has 0 spiro atoms. The lowest BCUT2D eigenvalue weighted by Crippen LogP contribution is -2.54. The number of aliphatic hydroxyl groups is 2. The van der Waals surface area contributed by atoms with Crippen molar-refractivity contribution in [3.63, 3.8) is 0 Å². The van der Waals surface area contributed by atoms with E-state index in [4.69, 9.17) is 22.6 Å². The van der Waals surface area contributed by atoms with Crippen molar-refractivity contribution < 1.29 is 14.9 Å². The van der Waals surface area contributed by atoms with Gasteiger partial charge < -0.3 is 31.7 Å². The van der Waals surface area contributed by atoms with Crippen LogP contribution in [0.15, 0.2) is 17.9 Å². The van der Waals surface area contributed by atoms with Crippen LogP contribution in [0.2, 0.25) is 0 Å². The second-order valence-electron chi connectivity index (χ2n) is 5.64. The minimum absolute atomic E-state index is 0.137. The zero-order valence-corrected chi connectivity index (χ0v) is 12.5. The van der Waals surface area contributed by atoms with E-state index in [2.05, 4.69) is 27.8 Å². The lowest BCUT2D eigenvalue weighted by Gasteiger charge is -2.28. The molecule has 2 aliphatic rings. The average Bonchev–Trinajstić information content (AvgIpc) is 3.00. The van der Waals surface area contributed by atoms with Gasteiger partial charge in [0.15, 0.2) is 23.5 Å². The Morgan fingerprint density at radius 3 is 2.96 bits per heavy atom. The van der Waals surface area contributed by atoms with Crippen LogP contribution in [-0.4, -0.2) is 49.6 Å². The van der Waals surface area contributed by atoms with Crippen LogP contribution in [-0.2, 0) is 4.74 Å². The smallest absolute Gasteiger partial charge is 0.199 e. The molecule has 0 radical (unpaired) electrons. The van der Waals surface area contributed by atoms with Crippen LogP contribution in [0.3, 0.4) is 0 Å². The van der Waals surface area contributed by atoms with Gasteiger partial charge in [0.2, 0.25) is 0 Å². The van der Waals surface area contributed by atoms with E-state index in [0.717, 1.165) is 0 Å². The van der Waals surface area contributed by atoms with Gasteiger partial charge in [0.1, 0.15) is 17.9 Å². The van der Waals surface area contributed by atoms with E-state index in [1.54, 1.807) is 0 Å². The molecule has 1 aromatic rings. The van der Waals surface area contributed by atoms with E-state index >= 15 is 0 Å². The molecule has 122 valence electrons. The van der Waals surface area contributed by atoms with Crippen molar-refractivity contribution in [1.82, 2.24) is 14.9 Å². The highest BCUT2D eigenvalue weighted by molar-refractivity contribution is 5.93. The first-order valence-electron chi connectivity index (χ1n) is 6.95. The Hall–Kier alpha value is -2.38. The maximum atomic E-state index is 10.4. The van der Waals surface area contributed by atoms with Gasteiger partial charge >= 0.3 is 0 Å². The van der Waals surface area contributed by atoms with E-state index in [1.807, 2.05) is 0 Å². The zero-order chi connectivity index (χ0) is 16.9. The molecule has 3 rings (SSSR count). The number of nitrogens with one attached hydrogen (secondary N) is 1. The van der Waals surface area contributed by atoms with Crippen LogP contribution >= 0.6 is 0 Å². The number of ether oxygens (including phenoxy) is 1. The minimum atomic E-state index is -1.56. The first kappa shape index (κ1) is 15.5. The van der Waals surface area contributed by atoms with E-state index < -0.39 is 30.1 Å². The van der Waals surface area contributed by atoms with Gasteiger partial charge in [-0.25, -0.2) is 4.98 Å². The number of nitrogens with two attached hydrogens (primary N) is 2. The maximum Gasteiger partial charge on any atom is 0.199 e. The van der Waals surface area contributed by atoms with Crippen molar-refractivity contribution in [3.05, 3.63) is 18.6 Å². The van der Waals surface area contributed by atoms with Gasteiger partial charge in [-0.15, -0.1) is 6.42 Å². The topological polar surface area (TPSA) is 144 Å². The molecule has 5 atom stereocenters. The maximum absolute atomic E-state index is 10.4. The second-order valence-corrected chi connectivity index (χ2v) is 5.64. The molecular formula is C14H18N6O3. The molecule has 0 aliphatic carbocycles. The van der Waals surface area contributed by atoms with Crippen molar-refractivity contribution in [2.75, 3.05) is 0 Å². The fourth-order valence-corrected chi connectivity index (χ4v) is 2.79. The van der Waals surface area contributed by atoms with E-state index in [1.165, 1.54) is 17.8 Å². The Morgan fingerprint density at radius 1 is 1.65 bits per heavy atom. The first-order chi connectivity index (χ1) is 10.8. The number of imidazole rings is 1. The lowest BCUT2D eigenvalue weighted by atomic mass is 9.90. The molecule has 23 heavy (non-hydrogen) atoms. The number of aliphatic imine (C=N–C) groups is 1. The highest BCUT2D eigenvalue weighted by Crippen LogP contribution is 2.41. The number of rotatable bonds is 2. The Labute approximate surface area is 132 Å². The first-order valence-corrected chi connectivity index (χ1v) is 6.95. The van der Waals surface area contributed by atoms with Crippen molar-refractivity contribution in [3.8, 4) is 12.3 Å². The van der Waals surface area contributed by atoms with Gasteiger partial charge in [0, 0.05) is 0 Å². The predicted octanol–water partition coefficient (Wildman–Crippen LogP) is -1.63. The molecule has 9 heteroatoms. The summed E-state index contributed by atoms with van der Waals surface area (Å²) in [6, 6.07) is 0. The van der Waals surface area contributed by atoms with Crippen LogP contribution in [0.4, 0.5) is 5.82 Å². The number of nitrogens with zero attached hydrogens (tertiary/aromatic N) is 3. The number of guanidine groups is 1. The van der Waals surface area contributed by atoms with Crippen molar-refractivity contribution in [2.24, 2.45) is 16.5 Å². The van der Waals surface area contributed by atoms with E-state index in [9.17, 15) is 10.2 Å². The molecule has 0 amide bonds. The highest BCUT2D eigenvalue weighted by Gasteiger charge is 2.56. The number of hydrogen-bond donors (Lipinski definition) is 5. The SMILES string of the molecule is C#CC1(N)C(O)[C@@H]([C@H](C)O)O[C@H]1n1cnc2c1N=C(N)NC2=C. The summed E-state index contributed by atoms with van der Waals surface area (Å²) < 4.78 is 7.20. The molecule has 0 aromatic carbocycles. The lowest BCUT2D eigenvalue weighted by molar-refractivity contribution is -0.0761. The normalized spacial score (nSPS) is 34.3. The van der Waals surface area contributed by atoms with E-state index in [-0.39, 0.29) is 5.96 Å². The Bertz CT molecular complexity index is 733. The third-order valence-electron chi connectivity index (χ3n) is 4.03. The van der Waals surface area contributed by atoms with Gasteiger partial charge in [-0.1, -0.05) is 12.5 Å². The number of aliphatic hydroxyl groups excluding tert-OH is 2. The molecule has 9 nitrogen and oxygen atoms in total. The van der Waals surface area contributed by atoms with Crippen LogP contribution in [0.25, 0.3) is 5.70 Å². The summed E-state index contributed by atoms with van der Waals surface area (Å²) in [5, 5.41) is 22.9. The molecule has 1 saturated heterocycles. The summed E-state index contributed by atoms with van der Waals surface area (Å²) in [5.41, 5.74) is 11.3. The average molecular weight is 318 g/mol. The zero-order valence-electron chi connectivity index (χ0n) is 12.5. The number of hydrogen-bond acceptors (Lipinski definition) is 8. The number of fused-ring (bicyclic) bond motifs is 1. The van der Waals surface area contributed by atoms with Gasteiger partial charge in [0.05, 0.1) is 18.1 Å². The minimum Gasteiger partial charge on any atom is -0.391 e. The molecule has 2 aliphatic heterocycles. The molecular weight excluding hydrogens is 300 g/mol. The summed E-state index contributed by atoms with van der Waals surface area (Å²) >= 11 is 0. The largest absolute Gasteiger partial charge is 0.391 e. The quantitative estimate of drug-likeness (QED) is 0.412. The summed E-state index contributed by atoms with van der Waals surface area (Å²) in [6.45, 7) is 5.30. The fraction of sp³-hybridized carbons (Fsp3) is 0.429. The molecule has 7 N–H and O–H groups in total. The highest BCUT2D eigenvalue weighted by atomic mass is 16.5. The van der Waals surface area contributed by atoms with Crippen LogP contribution in [0.1, 0.15) is 18.8 Å². The third kappa shape index (κ3) is 2.12. The summed E-state index contributed by atoms with van der Waals surface area (Å²) in [5.74, 6) is 2.87. The monoisotopic (exact) mass is 318 g/mol. The van der Waals surface area contributed by atoms with Gasteiger partial charge in [-0.3, -0.25) is 4.57 Å². The van der Waals surface area contributed by atoms with Crippen molar-refractivity contribution in [2.45, 2.75) is 37.0 Å².